The molecule has 1 aliphatic heterocycles. The SMILES string of the molecule is CNC(c1c(F)cccc1F)C1CCN(C(=O)OC(C)(C)C)C1. The van der Waals surface area contributed by atoms with E-state index in [1.54, 1.807) is 11.9 Å². The first-order valence-corrected chi connectivity index (χ1v) is 7.82. The van der Waals surface area contributed by atoms with Crippen molar-refractivity contribution < 1.29 is 18.3 Å². The fraction of sp³-hybridized carbons (Fsp3) is 0.588. The van der Waals surface area contributed by atoms with Crippen molar-refractivity contribution in [1.82, 2.24) is 10.2 Å². The van der Waals surface area contributed by atoms with Crippen LogP contribution in [0.15, 0.2) is 18.2 Å². The van der Waals surface area contributed by atoms with Gasteiger partial charge in [0.25, 0.3) is 0 Å². The van der Waals surface area contributed by atoms with Crippen molar-refractivity contribution in [2.45, 2.75) is 38.8 Å². The Morgan fingerprint density at radius 1 is 1.35 bits per heavy atom. The lowest BCUT2D eigenvalue weighted by Crippen LogP contribution is -2.36. The van der Waals surface area contributed by atoms with E-state index >= 15 is 0 Å². The molecule has 23 heavy (non-hydrogen) atoms. The van der Waals surface area contributed by atoms with E-state index < -0.39 is 23.3 Å². The van der Waals surface area contributed by atoms with Gasteiger partial charge < -0.3 is 15.0 Å². The Morgan fingerprint density at radius 3 is 2.48 bits per heavy atom. The quantitative estimate of drug-likeness (QED) is 0.924. The zero-order valence-electron chi connectivity index (χ0n) is 14.0. The van der Waals surface area contributed by atoms with E-state index in [-0.39, 0.29) is 17.6 Å². The Kier molecular flexibility index (Phi) is 5.24. The fourth-order valence-electron chi connectivity index (χ4n) is 2.98. The number of amides is 1. The predicted octanol–water partition coefficient (Wildman–Crippen LogP) is 3.48. The van der Waals surface area contributed by atoms with E-state index in [1.165, 1.54) is 18.2 Å². The van der Waals surface area contributed by atoms with Gasteiger partial charge in [-0.3, -0.25) is 0 Å². The summed E-state index contributed by atoms with van der Waals surface area (Å²) in [5.74, 6) is -1.21. The van der Waals surface area contributed by atoms with Gasteiger partial charge in [0.1, 0.15) is 17.2 Å². The van der Waals surface area contributed by atoms with Gasteiger partial charge in [-0.15, -0.1) is 0 Å². The number of hydrogen-bond donors (Lipinski definition) is 1. The van der Waals surface area contributed by atoms with E-state index in [0.717, 1.165) is 0 Å². The van der Waals surface area contributed by atoms with Crippen LogP contribution >= 0.6 is 0 Å². The number of nitrogens with zero attached hydrogens (tertiary/aromatic N) is 1. The highest BCUT2D eigenvalue weighted by atomic mass is 19.1. The third-order valence-corrected chi connectivity index (χ3v) is 3.97. The number of rotatable bonds is 3. The molecule has 1 amide bonds. The van der Waals surface area contributed by atoms with Crippen LogP contribution in [0.1, 0.15) is 38.8 Å². The van der Waals surface area contributed by atoms with Gasteiger partial charge in [-0.2, -0.15) is 0 Å². The molecule has 0 spiro atoms. The largest absolute Gasteiger partial charge is 0.444 e. The summed E-state index contributed by atoms with van der Waals surface area (Å²) in [6.45, 7) is 6.36. The van der Waals surface area contributed by atoms with Crippen molar-refractivity contribution in [3.8, 4) is 0 Å². The first kappa shape index (κ1) is 17.7. The molecule has 2 rings (SSSR count). The molecule has 128 valence electrons. The highest BCUT2D eigenvalue weighted by Crippen LogP contribution is 2.33. The van der Waals surface area contributed by atoms with Gasteiger partial charge in [0, 0.05) is 24.7 Å². The summed E-state index contributed by atoms with van der Waals surface area (Å²) in [7, 11) is 1.67. The molecule has 4 nitrogen and oxygen atoms in total. The van der Waals surface area contributed by atoms with Gasteiger partial charge >= 0.3 is 6.09 Å². The van der Waals surface area contributed by atoms with Crippen molar-refractivity contribution in [2.75, 3.05) is 20.1 Å². The van der Waals surface area contributed by atoms with E-state index in [9.17, 15) is 13.6 Å². The van der Waals surface area contributed by atoms with E-state index in [0.29, 0.717) is 19.5 Å². The lowest BCUT2D eigenvalue weighted by atomic mass is 9.91. The second kappa shape index (κ2) is 6.83. The van der Waals surface area contributed by atoms with Crippen LogP contribution < -0.4 is 5.32 Å². The molecule has 0 aromatic heterocycles. The monoisotopic (exact) mass is 326 g/mol. The maximum absolute atomic E-state index is 14.0. The third kappa shape index (κ3) is 4.19. The molecular formula is C17H24F2N2O2. The van der Waals surface area contributed by atoms with Crippen molar-refractivity contribution in [2.24, 2.45) is 5.92 Å². The highest BCUT2D eigenvalue weighted by Gasteiger charge is 2.36. The van der Waals surface area contributed by atoms with Crippen LogP contribution in [0.5, 0.6) is 0 Å². The number of ether oxygens (including phenoxy) is 1. The van der Waals surface area contributed by atoms with E-state index in [4.69, 9.17) is 4.74 Å². The molecule has 0 radical (unpaired) electrons. The summed E-state index contributed by atoms with van der Waals surface area (Å²) < 4.78 is 33.4. The van der Waals surface area contributed by atoms with E-state index in [2.05, 4.69) is 5.32 Å². The average molecular weight is 326 g/mol. The maximum atomic E-state index is 14.0. The molecule has 1 fully saturated rings. The van der Waals surface area contributed by atoms with Gasteiger partial charge in [0.15, 0.2) is 0 Å². The number of halogens is 2. The van der Waals surface area contributed by atoms with Crippen LogP contribution in [0.3, 0.4) is 0 Å². The van der Waals surface area contributed by atoms with Gasteiger partial charge in [-0.25, -0.2) is 13.6 Å². The van der Waals surface area contributed by atoms with Crippen molar-refractivity contribution in [3.63, 3.8) is 0 Å². The summed E-state index contributed by atoms with van der Waals surface area (Å²) in [4.78, 5) is 13.7. The second-order valence-electron chi connectivity index (χ2n) is 6.88. The van der Waals surface area contributed by atoms with Crippen LogP contribution in [-0.4, -0.2) is 36.7 Å². The van der Waals surface area contributed by atoms with Crippen molar-refractivity contribution >= 4 is 6.09 Å². The Hall–Kier alpha value is -1.69. The van der Waals surface area contributed by atoms with Gasteiger partial charge in [0.05, 0.1) is 0 Å². The smallest absolute Gasteiger partial charge is 0.410 e. The third-order valence-electron chi connectivity index (χ3n) is 3.97. The molecule has 1 N–H and O–H groups in total. The van der Waals surface area contributed by atoms with Gasteiger partial charge in [-0.1, -0.05) is 6.07 Å². The molecule has 1 heterocycles. The van der Waals surface area contributed by atoms with Crippen molar-refractivity contribution in [3.05, 3.63) is 35.4 Å². The number of benzene rings is 1. The minimum absolute atomic E-state index is 0.0334. The normalized spacial score (nSPS) is 19.7. The summed E-state index contributed by atoms with van der Waals surface area (Å²) >= 11 is 0. The first-order valence-electron chi connectivity index (χ1n) is 7.82. The molecule has 1 aromatic carbocycles. The predicted molar refractivity (Wildman–Crippen MR) is 84.1 cm³/mol. The number of hydrogen-bond acceptors (Lipinski definition) is 3. The topological polar surface area (TPSA) is 41.6 Å². The zero-order valence-corrected chi connectivity index (χ0v) is 14.0. The van der Waals surface area contributed by atoms with Crippen LogP contribution in [0.4, 0.5) is 13.6 Å². The van der Waals surface area contributed by atoms with Gasteiger partial charge in [-0.05, 0) is 52.3 Å². The minimum Gasteiger partial charge on any atom is -0.444 e. The maximum Gasteiger partial charge on any atom is 0.410 e. The molecule has 1 saturated heterocycles. The van der Waals surface area contributed by atoms with Crippen LogP contribution in [-0.2, 0) is 4.74 Å². The minimum atomic E-state index is -0.569. The summed E-state index contributed by atoms with van der Waals surface area (Å²) in [6, 6.07) is 3.37. The Bertz CT molecular complexity index is 552. The molecule has 6 heteroatoms. The number of nitrogens with one attached hydrogen (secondary N) is 1. The Labute approximate surface area is 135 Å². The standard InChI is InChI=1S/C17H24F2N2O2/c1-17(2,3)23-16(22)21-9-8-11(10-21)15(20-4)14-12(18)6-5-7-13(14)19/h5-7,11,15,20H,8-10H2,1-4H3. The van der Waals surface area contributed by atoms with Crippen LogP contribution in [0.2, 0.25) is 0 Å². The second-order valence-corrected chi connectivity index (χ2v) is 6.88. The molecule has 0 saturated carbocycles. The van der Waals surface area contributed by atoms with Crippen molar-refractivity contribution in [1.29, 1.82) is 0 Å². The van der Waals surface area contributed by atoms with Gasteiger partial charge in [0.2, 0.25) is 0 Å². The number of carbonyl (C=O) groups is 1. The molecule has 0 aliphatic carbocycles. The first-order chi connectivity index (χ1) is 10.7. The molecule has 2 atom stereocenters. The molecule has 0 bridgehead atoms. The summed E-state index contributed by atoms with van der Waals surface area (Å²) in [6.07, 6.45) is 0.280. The summed E-state index contributed by atoms with van der Waals surface area (Å²) in [5.41, 5.74) is -0.527. The number of likely N-dealkylation sites (tertiary alicyclic amines) is 1. The fourth-order valence-corrected chi connectivity index (χ4v) is 2.98. The lowest BCUT2D eigenvalue weighted by molar-refractivity contribution is 0.0285. The number of carbonyl (C=O) groups excluding carboxylic acids is 1. The van der Waals surface area contributed by atoms with Crippen LogP contribution in [0.25, 0.3) is 0 Å². The lowest BCUT2D eigenvalue weighted by Gasteiger charge is -2.26. The Morgan fingerprint density at radius 2 is 1.96 bits per heavy atom. The highest BCUT2D eigenvalue weighted by molar-refractivity contribution is 5.68. The zero-order chi connectivity index (χ0) is 17.2. The average Bonchev–Trinajstić information content (AvgIpc) is 2.90. The van der Waals surface area contributed by atoms with E-state index in [1.807, 2.05) is 20.8 Å². The molecule has 2 unspecified atom stereocenters. The summed E-state index contributed by atoms with van der Waals surface area (Å²) in [5, 5.41) is 2.99. The van der Waals surface area contributed by atoms with Crippen LogP contribution in [0, 0.1) is 17.6 Å². The molecule has 1 aromatic rings. The Balaban J connectivity index is 2.12. The molecular weight excluding hydrogens is 302 g/mol. The molecule has 1 aliphatic rings.